The molecule has 0 aliphatic carbocycles. The van der Waals surface area contributed by atoms with Crippen LogP contribution in [-0.2, 0) is 20.6 Å². The van der Waals surface area contributed by atoms with Crippen LogP contribution in [0.4, 0.5) is 0 Å². The molecular formula is C17H20NO6P. The summed E-state index contributed by atoms with van der Waals surface area (Å²) in [6.45, 7) is 0. The van der Waals surface area contributed by atoms with Crippen LogP contribution in [0.1, 0.15) is 18.4 Å². The van der Waals surface area contributed by atoms with Crippen LogP contribution in [-0.4, -0.2) is 39.2 Å². The highest BCUT2D eigenvalue weighted by Crippen LogP contribution is 2.38. The summed E-state index contributed by atoms with van der Waals surface area (Å²) in [7, 11) is -3.93. The van der Waals surface area contributed by atoms with E-state index in [9.17, 15) is 19.0 Å². The molecule has 2 atom stereocenters. The van der Waals surface area contributed by atoms with Crippen LogP contribution in [0, 0.1) is 0 Å². The summed E-state index contributed by atoms with van der Waals surface area (Å²) in [4.78, 5) is 31.8. The van der Waals surface area contributed by atoms with E-state index in [0.29, 0.717) is 6.42 Å². The van der Waals surface area contributed by atoms with Crippen LogP contribution in [0.25, 0.3) is 10.8 Å². The summed E-state index contributed by atoms with van der Waals surface area (Å²) in [6, 6.07) is 12.0. The molecule has 8 heteroatoms. The zero-order valence-electron chi connectivity index (χ0n) is 13.5. The summed E-state index contributed by atoms with van der Waals surface area (Å²) in [6.07, 6.45) is -0.498. The Morgan fingerprint density at radius 2 is 1.76 bits per heavy atom. The van der Waals surface area contributed by atoms with E-state index in [1.54, 1.807) is 0 Å². The number of nitrogens with one attached hydrogen (secondary N) is 1. The van der Waals surface area contributed by atoms with Gasteiger partial charge in [0.1, 0.15) is 6.04 Å². The van der Waals surface area contributed by atoms with Crippen molar-refractivity contribution in [3.63, 3.8) is 0 Å². The molecule has 0 aliphatic heterocycles. The number of hydrogen-bond donors (Lipinski definition) is 4. The number of carbonyl (C=O) groups is 2. The topological polar surface area (TPSA) is 124 Å². The van der Waals surface area contributed by atoms with E-state index in [1.807, 2.05) is 42.5 Å². The average Bonchev–Trinajstić information content (AvgIpc) is 2.56. The predicted octanol–water partition coefficient (Wildman–Crippen LogP) is 2.48. The Hall–Kier alpha value is -2.21. The first kappa shape index (κ1) is 19.1. The van der Waals surface area contributed by atoms with Crippen LogP contribution in [0.3, 0.4) is 0 Å². The van der Waals surface area contributed by atoms with Crippen molar-refractivity contribution >= 4 is 30.2 Å². The molecule has 0 saturated heterocycles. The van der Waals surface area contributed by atoms with Crippen LogP contribution >= 0.6 is 7.52 Å². The smallest absolute Gasteiger partial charge is 0.321 e. The van der Waals surface area contributed by atoms with Crippen molar-refractivity contribution < 1.29 is 29.3 Å². The Balaban J connectivity index is 2.05. The van der Waals surface area contributed by atoms with Gasteiger partial charge in [-0.1, -0.05) is 42.5 Å². The molecule has 4 N–H and O–H groups in total. The lowest BCUT2D eigenvalue weighted by Gasteiger charge is -2.19. The molecule has 0 radical (unpaired) electrons. The first-order valence-corrected chi connectivity index (χ1v) is 9.64. The van der Waals surface area contributed by atoms with Crippen molar-refractivity contribution in [2.45, 2.75) is 25.3 Å². The minimum absolute atomic E-state index is 0.141. The van der Waals surface area contributed by atoms with Gasteiger partial charge < -0.3 is 15.1 Å². The SMILES string of the molecule is O=C(O)CCC(NP(=O)(O)CCc1cccc2ccccc12)C(=O)O. The minimum atomic E-state index is -3.93. The molecule has 0 bridgehead atoms. The Bertz CT molecular complexity index is 816. The van der Waals surface area contributed by atoms with Gasteiger partial charge in [0, 0.05) is 12.6 Å². The molecule has 0 heterocycles. The number of hydrogen-bond acceptors (Lipinski definition) is 3. The van der Waals surface area contributed by atoms with Gasteiger partial charge in [-0.2, -0.15) is 0 Å². The monoisotopic (exact) mass is 365 g/mol. The molecule has 0 aromatic heterocycles. The standard InChI is InChI=1S/C17H20NO6P/c19-16(20)9-8-15(17(21)22)18-25(23,24)11-10-13-6-3-5-12-4-1-2-7-14(12)13/h1-7,15H,8-11H2,(H,19,20)(H,21,22)(H2,18,23,24). The lowest BCUT2D eigenvalue weighted by Crippen LogP contribution is -2.35. The molecule has 2 unspecified atom stereocenters. The molecule has 2 aromatic rings. The van der Waals surface area contributed by atoms with E-state index in [2.05, 4.69) is 5.09 Å². The first-order chi connectivity index (χ1) is 11.8. The van der Waals surface area contributed by atoms with E-state index in [1.165, 1.54) is 0 Å². The maximum atomic E-state index is 12.3. The summed E-state index contributed by atoms with van der Waals surface area (Å²) in [5.41, 5.74) is 0.895. The van der Waals surface area contributed by atoms with Gasteiger partial charge in [0.25, 0.3) is 7.52 Å². The minimum Gasteiger partial charge on any atom is -0.481 e. The highest BCUT2D eigenvalue weighted by molar-refractivity contribution is 7.55. The van der Waals surface area contributed by atoms with Gasteiger partial charge in [-0.15, -0.1) is 0 Å². The zero-order chi connectivity index (χ0) is 18.4. The molecule has 2 rings (SSSR count). The second kappa shape index (κ2) is 8.25. The molecule has 2 aromatic carbocycles. The Kier molecular flexibility index (Phi) is 6.31. The number of carboxylic acids is 2. The molecule has 0 fully saturated rings. The molecular weight excluding hydrogens is 345 g/mol. The fraction of sp³-hybridized carbons (Fsp3) is 0.294. The van der Waals surface area contributed by atoms with Gasteiger partial charge in [0.15, 0.2) is 0 Å². The molecule has 0 spiro atoms. The normalized spacial score (nSPS) is 14.8. The molecule has 0 aliphatic rings. The van der Waals surface area contributed by atoms with Crippen molar-refractivity contribution in [1.82, 2.24) is 5.09 Å². The zero-order valence-corrected chi connectivity index (χ0v) is 14.4. The van der Waals surface area contributed by atoms with E-state index >= 15 is 0 Å². The number of benzene rings is 2. The quantitative estimate of drug-likeness (QED) is 0.503. The van der Waals surface area contributed by atoms with Crippen molar-refractivity contribution in [2.24, 2.45) is 0 Å². The van der Waals surface area contributed by atoms with Gasteiger partial charge in [-0.25, -0.2) is 5.09 Å². The largest absolute Gasteiger partial charge is 0.481 e. The average molecular weight is 365 g/mol. The number of fused-ring (bicyclic) bond motifs is 1. The number of rotatable bonds is 9. The van der Waals surface area contributed by atoms with Gasteiger partial charge in [-0.05, 0) is 29.2 Å². The third-order valence-corrected chi connectivity index (χ3v) is 5.41. The highest BCUT2D eigenvalue weighted by Gasteiger charge is 2.28. The fourth-order valence-corrected chi connectivity index (χ4v) is 4.00. The summed E-state index contributed by atoms with van der Waals surface area (Å²) in [5.74, 6) is -2.50. The van der Waals surface area contributed by atoms with E-state index < -0.39 is 31.9 Å². The van der Waals surface area contributed by atoms with Crippen LogP contribution in [0.2, 0.25) is 0 Å². The van der Waals surface area contributed by atoms with Crippen LogP contribution < -0.4 is 5.09 Å². The van der Waals surface area contributed by atoms with Crippen LogP contribution in [0.15, 0.2) is 42.5 Å². The molecule has 0 amide bonds. The highest BCUT2D eigenvalue weighted by atomic mass is 31.2. The molecule has 134 valence electrons. The number of aryl methyl sites for hydroxylation is 1. The van der Waals surface area contributed by atoms with Crippen molar-refractivity contribution in [2.75, 3.05) is 6.16 Å². The lowest BCUT2D eigenvalue weighted by atomic mass is 10.0. The van der Waals surface area contributed by atoms with Gasteiger partial charge >= 0.3 is 11.9 Å². The maximum absolute atomic E-state index is 12.3. The first-order valence-electron chi connectivity index (χ1n) is 7.79. The third kappa shape index (κ3) is 5.67. The van der Waals surface area contributed by atoms with Crippen molar-refractivity contribution in [1.29, 1.82) is 0 Å². The number of aliphatic carboxylic acids is 2. The van der Waals surface area contributed by atoms with Crippen LogP contribution in [0.5, 0.6) is 0 Å². The Morgan fingerprint density at radius 3 is 2.44 bits per heavy atom. The van der Waals surface area contributed by atoms with Gasteiger partial charge in [0.2, 0.25) is 0 Å². The molecule has 0 saturated carbocycles. The molecule has 25 heavy (non-hydrogen) atoms. The van der Waals surface area contributed by atoms with Crippen molar-refractivity contribution in [3.05, 3.63) is 48.0 Å². The summed E-state index contributed by atoms with van der Waals surface area (Å²) < 4.78 is 12.3. The predicted molar refractivity (Wildman–Crippen MR) is 93.8 cm³/mol. The second-order valence-electron chi connectivity index (χ2n) is 5.77. The summed E-state index contributed by atoms with van der Waals surface area (Å²) >= 11 is 0. The number of carboxylic acid groups (broad SMARTS) is 2. The Morgan fingerprint density at radius 1 is 1.08 bits per heavy atom. The summed E-state index contributed by atoms with van der Waals surface area (Å²) in [5, 5.41) is 21.9. The lowest BCUT2D eigenvalue weighted by molar-refractivity contribution is -0.140. The van der Waals surface area contributed by atoms with Crippen molar-refractivity contribution in [3.8, 4) is 0 Å². The maximum Gasteiger partial charge on any atom is 0.321 e. The van der Waals surface area contributed by atoms with Gasteiger partial charge in [-0.3, -0.25) is 14.2 Å². The van der Waals surface area contributed by atoms with E-state index in [4.69, 9.17) is 10.2 Å². The Labute approximate surface area is 144 Å². The van der Waals surface area contributed by atoms with E-state index in [-0.39, 0.29) is 12.6 Å². The second-order valence-corrected chi connectivity index (χ2v) is 7.87. The molecule has 7 nitrogen and oxygen atoms in total. The fourth-order valence-electron chi connectivity index (χ4n) is 2.60. The van der Waals surface area contributed by atoms with Gasteiger partial charge in [0.05, 0.1) is 0 Å². The van der Waals surface area contributed by atoms with E-state index in [0.717, 1.165) is 16.3 Å². The third-order valence-electron chi connectivity index (χ3n) is 3.87.